The van der Waals surface area contributed by atoms with Crippen LogP contribution in [0.15, 0.2) is 152 Å². The van der Waals surface area contributed by atoms with Crippen molar-refractivity contribution in [1.82, 2.24) is 9.13 Å². The molecule has 0 aliphatic carbocycles. The zero-order chi connectivity index (χ0) is 33.8. The first-order valence-electron chi connectivity index (χ1n) is 16.3. The fourth-order valence-corrected chi connectivity index (χ4v) is 7.43. The van der Waals surface area contributed by atoms with E-state index in [4.69, 9.17) is 6.57 Å². The van der Waals surface area contributed by atoms with E-state index in [9.17, 15) is 10.5 Å². The maximum absolute atomic E-state index is 10.7. The predicted octanol–water partition coefficient (Wildman–Crippen LogP) is 11.5. The molecular formula is C45H25N5. The summed E-state index contributed by atoms with van der Waals surface area (Å²) in [4.78, 5) is 3.68. The number of benzene rings is 7. The summed E-state index contributed by atoms with van der Waals surface area (Å²) >= 11 is 0. The van der Waals surface area contributed by atoms with Crippen molar-refractivity contribution in [2.75, 3.05) is 0 Å². The van der Waals surface area contributed by atoms with E-state index in [-0.39, 0.29) is 0 Å². The lowest BCUT2D eigenvalue weighted by Crippen LogP contribution is -1.99. The zero-order valence-corrected chi connectivity index (χ0v) is 26.7. The minimum absolute atomic E-state index is 0.596. The van der Waals surface area contributed by atoms with Crippen molar-refractivity contribution in [3.63, 3.8) is 0 Å². The van der Waals surface area contributed by atoms with Gasteiger partial charge in [-0.25, -0.2) is 4.85 Å². The molecule has 0 fully saturated rings. The summed E-state index contributed by atoms with van der Waals surface area (Å²) < 4.78 is 4.43. The van der Waals surface area contributed by atoms with E-state index in [0.29, 0.717) is 16.8 Å². The quantitative estimate of drug-likeness (QED) is 0.181. The Balaban J connectivity index is 1.20. The molecular weight excluding hydrogens is 611 g/mol. The third-order valence-corrected chi connectivity index (χ3v) is 9.64. The molecule has 2 heterocycles. The van der Waals surface area contributed by atoms with E-state index in [0.717, 1.165) is 77.2 Å². The molecule has 0 amide bonds. The average Bonchev–Trinajstić information content (AvgIpc) is 3.69. The molecule has 0 N–H and O–H groups in total. The fourth-order valence-electron chi connectivity index (χ4n) is 7.43. The van der Waals surface area contributed by atoms with Crippen LogP contribution in [0.5, 0.6) is 0 Å². The Labute approximate surface area is 288 Å². The molecule has 5 nitrogen and oxygen atoms in total. The van der Waals surface area contributed by atoms with Gasteiger partial charge in [-0.3, -0.25) is 0 Å². The van der Waals surface area contributed by atoms with Crippen LogP contribution in [0.2, 0.25) is 0 Å². The summed E-state index contributed by atoms with van der Waals surface area (Å²) in [6.45, 7) is 7.59. The van der Waals surface area contributed by atoms with Crippen molar-refractivity contribution < 1.29 is 0 Å². The molecule has 0 unspecified atom stereocenters. The van der Waals surface area contributed by atoms with E-state index in [1.54, 1.807) is 0 Å². The number of fused-ring (bicyclic) bond motifs is 6. The molecule has 2 aromatic heterocycles. The maximum Gasteiger partial charge on any atom is 0.189 e. The van der Waals surface area contributed by atoms with Gasteiger partial charge >= 0.3 is 0 Å². The number of nitriles is 2. The highest BCUT2D eigenvalue weighted by Crippen LogP contribution is 2.40. The number of hydrogen-bond acceptors (Lipinski definition) is 2. The summed E-state index contributed by atoms with van der Waals surface area (Å²) in [6, 6.07) is 55.6. The van der Waals surface area contributed by atoms with Gasteiger partial charge in [0, 0.05) is 49.4 Å². The molecule has 0 aliphatic rings. The average molecular weight is 636 g/mol. The van der Waals surface area contributed by atoms with Crippen LogP contribution in [0.3, 0.4) is 0 Å². The number of aromatic nitrogens is 2. The minimum atomic E-state index is 0.596. The second kappa shape index (κ2) is 11.4. The van der Waals surface area contributed by atoms with Crippen molar-refractivity contribution in [2.45, 2.75) is 0 Å². The van der Waals surface area contributed by atoms with Gasteiger partial charge in [0.05, 0.1) is 46.0 Å². The van der Waals surface area contributed by atoms with Crippen molar-refractivity contribution in [2.24, 2.45) is 0 Å². The van der Waals surface area contributed by atoms with Crippen molar-refractivity contribution in [1.29, 1.82) is 10.5 Å². The first-order chi connectivity index (χ1) is 24.7. The Hall–Kier alpha value is -7.39. The van der Waals surface area contributed by atoms with E-state index in [1.165, 1.54) is 0 Å². The first-order valence-corrected chi connectivity index (χ1v) is 16.3. The molecule has 50 heavy (non-hydrogen) atoms. The topological polar surface area (TPSA) is 61.8 Å². The number of hydrogen-bond donors (Lipinski definition) is 0. The molecule has 0 saturated heterocycles. The standard InChI is InChI=1S/C45H25N5/c1-48-31-20-23-38-36-10-3-5-14-41(36)49(45(38)26-31)32-21-18-30(19-22-32)33-12-8-13-34(40(33)28-47)35-9-2-6-15-42(35)50-43-16-7-4-11-37(43)39-25-29(27-46)17-24-44(39)50/h2-26H. The van der Waals surface area contributed by atoms with Gasteiger partial charge in [0.25, 0.3) is 0 Å². The van der Waals surface area contributed by atoms with Gasteiger partial charge in [0.1, 0.15) is 6.07 Å². The second-order valence-electron chi connectivity index (χ2n) is 12.3. The van der Waals surface area contributed by atoms with Crippen molar-refractivity contribution >= 4 is 49.3 Å². The lowest BCUT2D eigenvalue weighted by molar-refractivity contribution is 1.18. The van der Waals surface area contributed by atoms with Gasteiger partial charge in [-0.2, -0.15) is 10.5 Å². The largest absolute Gasteiger partial charge is 0.311 e. The lowest BCUT2D eigenvalue weighted by atomic mass is 9.91. The Bertz CT molecular complexity index is 2960. The van der Waals surface area contributed by atoms with E-state index < -0.39 is 0 Å². The summed E-state index contributed by atoms with van der Waals surface area (Å²) in [6.07, 6.45) is 0. The molecule has 0 spiro atoms. The number of nitrogens with zero attached hydrogens (tertiary/aromatic N) is 5. The first kappa shape index (κ1) is 28.8. The normalized spacial score (nSPS) is 11.1. The minimum Gasteiger partial charge on any atom is -0.311 e. The van der Waals surface area contributed by atoms with Gasteiger partial charge in [-0.1, -0.05) is 97.1 Å². The number of para-hydroxylation sites is 3. The highest BCUT2D eigenvalue weighted by Gasteiger charge is 2.19. The van der Waals surface area contributed by atoms with E-state index in [1.807, 2.05) is 91.0 Å². The second-order valence-corrected chi connectivity index (χ2v) is 12.3. The molecule has 9 aromatic rings. The van der Waals surface area contributed by atoms with Crippen LogP contribution in [0.4, 0.5) is 5.69 Å². The van der Waals surface area contributed by atoms with E-state index in [2.05, 4.69) is 86.8 Å². The SMILES string of the molecule is [C-]#[N+]c1ccc2c3ccccc3n(-c3ccc(-c4cccc(-c5ccccc5-n5c6ccccc6c6cc(C#N)ccc65)c4C#N)cc3)c2c1. The predicted molar refractivity (Wildman–Crippen MR) is 202 cm³/mol. The van der Waals surface area contributed by atoms with Crippen LogP contribution in [0.25, 0.3) is 82.1 Å². The molecule has 230 valence electrons. The Morgan fingerprint density at radius 1 is 0.480 bits per heavy atom. The Morgan fingerprint density at radius 3 is 1.88 bits per heavy atom. The van der Waals surface area contributed by atoms with Gasteiger partial charge in [0.2, 0.25) is 0 Å². The molecule has 7 aromatic carbocycles. The molecule has 0 aliphatic heterocycles. The van der Waals surface area contributed by atoms with Crippen molar-refractivity contribution in [3.05, 3.63) is 174 Å². The smallest absolute Gasteiger partial charge is 0.189 e. The van der Waals surface area contributed by atoms with E-state index >= 15 is 0 Å². The lowest BCUT2D eigenvalue weighted by Gasteiger charge is -2.17. The highest BCUT2D eigenvalue weighted by atomic mass is 15.0. The molecule has 9 rings (SSSR count). The van der Waals surface area contributed by atoms with Crippen LogP contribution >= 0.6 is 0 Å². The molecule has 0 radical (unpaired) electrons. The van der Waals surface area contributed by atoms with Crippen LogP contribution in [-0.4, -0.2) is 9.13 Å². The Kier molecular flexibility index (Phi) is 6.56. The third kappa shape index (κ3) is 4.31. The van der Waals surface area contributed by atoms with Gasteiger partial charge in [-0.05, 0) is 60.2 Å². The molecule has 0 atom stereocenters. The summed E-state index contributed by atoms with van der Waals surface area (Å²) in [7, 11) is 0. The summed E-state index contributed by atoms with van der Waals surface area (Å²) in [5, 5.41) is 24.7. The maximum atomic E-state index is 10.7. The third-order valence-electron chi connectivity index (χ3n) is 9.64. The molecule has 0 bridgehead atoms. The molecule has 5 heteroatoms. The van der Waals surface area contributed by atoms with Crippen molar-refractivity contribution in [3.8, 4) is 45.8 Å². The molecule has 0 saturated carbocycles. The van der Waals surface area contributed by atoms with Crippen LogP contribution in [0, 0.1) is 29.2 Å². The van der Waals surface area contributed by atoms with Gasteiger partial charge in [0.15, 0.2) is 5.69 Å². The Morgan fingerprint density at radius 2 is 1.12 bits per heavy atom. The fraction of sp³-hybridized carbons (Fsp3) is 0. The summed E-state index contributed by atoms with van der Waals surface area (Å²) in [5.74, 6) is 0. The number of rotatable bonds is 4. The van der Waals surface area contributed by atoms with Crippen LogP contribution in [-0.2, 0) is 0 Å². The highest BCUT2D eigenvalue weighted by molar-refractivity contribution is 6.11. The van der Waals surface area contributed by atoms with Gasteiger partial charge in [-0.15, -0.1) is 0 Å². The zero-order valence-electron chi connectivity index (χ0n) is 26.7. The summed E-state index contributed by atoms with van der Waals surface area (Å²) in [5.41, 5.74) is 11.4. The monoisotopic (exact) mass is 635 g/mol. The van der Waals surface area contributed by atoms with Crippen LogP contribution in [0.1, 0.15) is 11.1 Å². The van der Waals surface area contributed by atoms with Gasteiger partial charge < -0.3 is 9.13 Å². The van der Waals surface area contributed by atoms with Crippen LogP contribution < -0.4 is 0 Å².